The number of carbonyl (C=O) groups excluding carboxylic acids is 2. The number of halogens is 2. The molecule has 2 aromatic carbocycles. The monoisotopic (exact) mass is 422 g/mol. The average molecular weight is 424 g/mol. The number of rotatable bonds is 5. The van der Waals surface area contributed by atoms with Gasteiger partial charge in [-0.1, -0.05) is 45.7 Å². The minimum absolute atomic E-state index is 0.468. The van der Waals surface area contributed by atoms with Crippen molar-refractivity contribution in [2.45, 2.75) is 13.0 Å². The van der Waals surface area contributed by atoms with Crippen LogP contribution in [0.15, 0.2) is 59.1 Å². The summed E-state index contributed by atoms with van der Waals surface area (Å²) in [5.74, 6) is -0.392. The Kier molecular flexibility index (Phi) is 7.03. The Labute approximate surface area is 159 Å². The molecule has 0 spiro atoms. The van der Waals surface area contributed by atoms with Crippen LogP contribution in [0.2, 0.25) is 5.02 Å². The second-order valence-corrected chi connectivity index (χ2v) is 6.44. The van der Waals surface area contributed by atoms with Gasteiger partial charge in [0.2, 0.25) is 0 Å². The fourth-order valence-corrected chi connectivity index (χ4v) is 2.42. The summed E-state index contributed by atoms with van der Waals surface area (Å²) in [5.41, 5.74) is 5.39. The number of carbonyl (C=O) groups is 2. The van der Waals surface area contributed by atoms with Crippen molar-refractivity contribution < 1.29 is 14.3 Å². The van der Waals surface area contributed by atoms with Gasteiger partial charge in [0.15, 0.2) is 6.10 Å². The topological polar surface area (TPSA) is 67.4 Å². The molecule has 0 saturated heterocycles. The lowest BCUT2D eigenvalue weighted by molar-refractivity contribution is -0.131. The van der Waals surface area contributed by atoms with Gasteiger partial charge in [-0.3, -0.25) is 20.4 Å². The van der Waals surface area contributed by atoms with E-state index in [1.165, 1.54) is 6.08 Å². The first-order chi connectivity index (χ1) is 11.9. The molecule has 25 heavy (non-hydrogen) atoms. The van der Waals surface area contributed by atoms with Gasteiger partial charge in [-0.2, -0.15) is 0 Å². The maximum absolute atomic E-state index is 12.0. The van der Waals surface area contributed by atoms with Crippen molar-refractivity contribution in [3.63, 3.8) is 0 Å². The lowest BCUT2D eigenvalue weighted by Crippen LogP contribution is -2.46. The third-order valence-corrected chi connectivity index (χ3v) is 3.79. The molecule has 0 aliphatic heterocycles. The number of benzene rings is 2. The normalized spacial score (nSPS) is 11.8. The molecule has 2 rings (SSSR count). The summed E-state index contributed by atoms with van der Waals surface area (Å²) in [5, 5.41) is 0.578. The average Bonchev–Trinajstić information content (AvgIpc) is 2.58. The van der Waals surface area contributed by atoms with E-state index in [4.69, 9.17) is 16.3 Å². The highest BCUT2D eigenvalue weighted by Gasteiger charge is 2.15. The summed E-state index contributed by atoms with van der Waals surface area (Å²) < 4.78 is 6.35. The summed E-state index contributed by atoms with van der Waals surface area (Å²) in [6.45, 7) is 1.59. The van der Waals surface area contributed by atoms with Gasteiger partial charge < -0.3 is 4.74 Å². The van der Waals surface area contributed by atoms with Crippen LogP contribution in [0.5, 0.6) is 5.75 Å². The zero-order valence-electron chi connectivity index (χ0n) is 13.3. The molecule has 0 saturated carbocycles. The van der Waals surface area contributed by atoms with Gasteiger partial charge in [-0.05, 0) is 48.9 Å². The van der Waals surface area contributed by atoms with Gasteiger partial charge in [0, 0.05) is 15.6 Å². The van der Waals surface area contributed by atoms with Crippen molar-refractivity contribution in [3.05, 3.63) is 69.7 Å². The standard InChI is InChI=1S/C18H16BrClN2O3/c1-12(25-16-7-3-5-14(19)11-16)18(24)22-21-17(23)9-8-13-4-2-6-15(20)10-13/h2-12H,1H3,(H,21,23)(H,22,24)/b9-8+. The molecule has 130 valence electrons. The van der Waals surface area contributed by atoms with Crippen LogP contribution in [-0.2, 0) is 9.59 Å². The van der Waals surface area contributed by atoms with Crippen LogP contribution in [0.3, 0.4) is 0 Å². The molecule has 0 aliphatic carbocycles. The highest BCUT2D eigenvalue weighted by molar-refractivity contribution is 9.10. The number of nitrogens with one attached hydrogen (secondary N) is 2. The predicted octanol–water partition coefficient (Wildman–Crippen LogP) is 3.73. The van der Waals surface area contributed by atoms with Crippen molar-refractivity contribution in [1.82, 2.24) is 10.9 Å². The van der Waals surface area contributed by atoms with E-state index in [-0.39, 0.29) is 0 Å². The molecular weight excluding hydrogens is 408 g/mol. The molecule has 0 aliphatic rings. The van der Waals surface area contributed by atoms with Crippen LogP contribution in [0.1, 0.15) is 12.5 Å². The van der Waals surface area contributed by atoms with Crippen molar-refractivity contribution in [3.8, 4) is 5.75 Å². The molecule has 7 heteroatoms. The molecule has 0 fully saturated rings. The van der Waals surface area contributed by atoms with E-state index >= 15 is 0 Å². The van der Waals surface area contributed by atoms with Crippen LogP contribution in [0.4, 0.5) is 0 Å². The minimum Gasteiger partial charge on any atom is -0.481 e. The number of amides is 2. The van der Waals surface area contributed by atoms with E-state index in [1.807, 2.05) is 12.1 Å². The van der Waals surface area contributed by atoms with E-state index < -0.39 is 17.9 Å². The Morgan fingerprint density at radius 2 is 1.92 bits per heavy atom. The van der Waals surface area contributed by atoms with Crippen molar-refractivity contribution in [2.24, 2.45) is 0 Å². The zero-order chi connectivity index (χ0) is 18.2. The Morgan fingerprint density at radius 1 is 1.16 bits per heavy atom. The third kappa shape index (κ3) is 6.60. The number of hydrogen-bond donors (Lipinski definition) is 2. The summed E-state index contributed by atoms with van der Waals surface area (Å²) in [6.07, 6.45) is 2.12. The van der Waals surface area contributed by atoms with Crippen LogP contribution < -0.4 is 15.6 Å². The summed E-state index contributed by atoms with van der Waals surface area (Å²) in [6, 6.07) is 14.2. The van der Waals surface area contributed by atoms with Crippen molar-refractivity contribution in [1.29, 1.82) is 0 Å². The molecular formula is C18H16BrClN2O3. The van der Waals surface area contributed by atoms with Gasteiger partial charge in [-0.15, -0.1) is 0 Å². The molecule has 1 atom stereocenters. The summed E-state index contributed by atoms with van der Waals surface area (Å²) in [7, 11) is 0. The van der Waals surface area contributed by atoms with Gasteiger partial charge in [0.25, 0.3) is 11.8 Å². The summed E-state index contributed by atoms with van der Waals surface area (Å²) in [4.78, 5) is 23.7. The van der Waals surface area contributed by atoms with Crippen LogP contribution in [0, 0.1) is 0 Å². The van der Waals surface area contributed by atoms with Crippen molar-refractivity contribution in [2.75, 3.05) is 0 Å². The highest BCUT2D eigenvalue weighted by atomic mass is 79.9. The Bertz CT molecular complexity index is 795. The fourth-order valence-electron chi connectivity index (χ4n) is 1.85. The SMILES string of the molecule is CC(Oc1cccc(Br)c1)C(=O)NNC(=O)/C=C/c1cccc(Cl)c1. The number of hydrazine groups is 1. The Morgan fingerprint density at radius 3 is 2.64 bits per heavy atom. The van der Waals surface area contributed by atoms with E-state index in [0.717, 1.165) is 10.0 Å². The highest BCUT2D eigenvalue weighted by Crippen LogP contribution is 2.18. The smallest absolute Gasteiger partial charge is 0.279 e. The molecule has 2 N–H and O–H groups in total. The van der Waals surface area contributed by atoms with E-state index in [0.29, 0.717) is 10.8 Å². The fraction of sp³-hybridized carbons (Fsp3) is 0.111. The largest absolute Gasteiger partial charge is 0.481 e. The first-order valence-corrected chi connectivity index (χ1v) is 8.57. The van der Waals surface area contributed by atoms with E-state index in [2.05, 4.69) is 26.8 Å². The molecule has 0 aromatic heterocycles. The third-order valence-electron chi connectivity index (χ3n) is 3.06. The second-order valence-electron chi connectivity index (χ2n) is 5.08. The zero-order valence-corrected chi connectivity index (χ0v) is 15.7. The first-order valence-electron chi connectivity index (χ1n) is 7.40. The molecule has 1 unspecified atom stereocenters. The van der Waals surface area contributed by atoms with Gasteiger partial charge in [-0.25, -0.2) is 0 Å². The maximum Gasteiger partial charge on any atom is 0.279 e. The van der Waals surface area contributed by atoms with Crippen LogP contribution in [0.25, 0.3) is 6.08 Å². The van der Waals surface area contributed by atoms with E-state index in [1.54, 1.807) is 49.4 Å². The van der Waals surface area contributed by atoms with Gasteiger partial charge >= 0.3 is 0 Å². The predicted molar refractivity (Wildman–Crippen MR) is 101 cm³/mol. The molecule has 0 bridgehead atoms. The lowest BCUT2D eigenvalue weighted by atomic mass is 10.2. The molecule has 0 radical (unpaired) electrons. The van der Waals surface area contributed by atoms with Crippen molar-refractivity contribution >= 4 is 45.4 Å². The number of ether oxygens (including phenoxy) is 1. The van der Waals surface area contributed by atoms with E-state index in [9.17, 15) is 9.59 Å². The van der Waals surface area contributed by atoms with Crippen LogP contribution >= 0.6 is 27.5 Å². The summed E-state index contributed by atoms with van der Waals surface area (Å²) >= 11 is 9.19. The second kappa shape index (κ2) is 9.25. The van der Waals surface area contributed by atoms with Crippen LogP contribution in [-0.4, -0.2) is 17.9 Å². The minimum atomic E-state index is -0.772. The quantitative estimate of drug-likeness (QED) is 0.569. The molecule has 2 amide bonds. The Hall–Kier alpha value is -2.31. The lowest BCUT2D eigenvalue weighted by Gasteiger charge is -2.14. The molecule has 5 nitrogen and oxygen atoms in total. The molecule has 2 aromatic rings. The van der Waals surface area contributed by atoms with Gasteiger partial charge in [0.05, 0.1) is 0 Å². The number of hydrogen-bond acceptors (Lipinski definition) is 3. The molecule has 0 heterocycles. The Balaban J connectivity index is 1.81. The maximum atomic E-state index is 12.0. The van der Waals surface area contributed by atoms with Gasteiger partial charge in [0.1, 0.15) is 5.75 Å². The first kappa shape index (κ1) is 19.0.